The zero-order valence-electron chi connectivity index (χ0n) is 10.1. The van der Waals surface area contributed by atoms with Gasteiger partial charge in [-0.2, -0.15) is 0 Å². The number of aliphatic hydroxyl groups excluding tert-OH is 1. The van der Waals surface area contributed by atoms with Gasteiger partial charge in [0.25, 0.3) is 5.91 Å². The number of hydrogen-bond donors (Lipinski definition) is 2. The van der Waals surface area contributed by atoms with Crippen LogP contribution < -0.4 is 5.32 Å². The van der Waals surface area contributed by atoms with E-state index in [0.717, 1.165) is 21.3 Å². The second kappa shape index (κ2) is 6.70. The summed E-state index contributed by atoms with van der Waals surface area (Å²) in [5, 5.41) is 13.6. The normalized spacial score (nSPS) is 11.5. The van der Waals surface area contributed by atoms with Crippen LogP contribution in [0, 0.1) is 8.30 Å². The number of halogens is 1. The van der Waals surface area contributed by atoms with Crippen molar-refractivity contribution in [3.05, 3.63) is 19.9 Å². The average molecular weight is 367 g/mol. The molecule has 1 aromatic heterocycles. The van der Waals surface area contributed by atoms with Crippen molar-refractivity contribution in [2.45, 2.75) is 26.7 Å². The summed E-state index contributed by atoms with van der Waals surface area (Å²) in [5.74, 6) is -0.0127. The molecule has 1 rings (SSSR count). The third kappa shape index (κ3) is 5.35. The Morgan fingerprint density at radius 3 is 2.82 bits per heavy atom. The van der Waals surface area contributed by atoms with Crippen molar-refractivity contribution in [1.29, 1.82) is 0 Å². The molecule has 0 bridgehead atoms. The molecule has 0 aromatic carbocycles. The van der Waals surface area contributed by atoms with Gasteiger partial charge in [0, 0.05) is 18.5 Å². The number of carbonyl (C=O) groups excluding carboxylic acids is 1. The maximum Gasteiger partial charge on any atom is 0.252 e. The van der Waals surface area contributed by atoms with Gasteiger partial charge in [-0.15, -0.1) is 11.3 Å². The van der Waals surface area contributed by atoms with Gasteiger partial charge in [-0.3, -0.25) is 4.79 Å². The Kier molecular flexibility index (Phi) is 5.88. The first kappa shape index (κ1) is 14.9. The van der Waals surface area contributed by atoms with Gasteiger partial charge in [0.15, 0.2) is 0 Å². The SMILES string of the molecule is CC(C)(CCCO)CNC(=O)c1csc(I)c1. The number of aliphatic hydroxyl groups is 1. The number of rotatable bonds is 6. The lowest BCUT2D eigenvalue weighted by atomic mass is 9.88. The summed E-state index contributed by atoms with van der Waals surface area (Å²) < 4.78 is 1.12. The van der Waals surface area contributed by atoms with Crippen LogP contribution in [0.25, 0.3) is 0 Å². The van der Waals surface area contributed by atoms with E-state index in [1.807, 2.05) is 11.4 Å². The highest BCUT2D eigenvalue weighted by Crippen LogP contribution is 2.21. The molecule has 17 heavy (non-hydrogen) atoms. The van der Waals surface area contributed by atoms with Crippen molar-refractivity contribution in [2.75, 3.05) is 13.2 Å². The van der Waals surface area contributed by atoms with Crippen LogP contribution in [0.5, 0.6) is 0 Å². The molecule has 0 fully saturated rings. The molecule has 96 valence electrons. The van der Waals surface area contributed by atoms with Crippen LogP contribution in [0.15, 0.2) is 11.4 Å². The van der Waals surface area contributed by atoms with E-state index in [1.165, 1.54) is 0 Å². The van der Waals surface area contributed by atoms with Gasteiger partial charge in [-0.1, -0.05) is 13.8 Å². The molecule has 0 aliphatic carbocycles. The smallest absolute Gasteiger partial charge is 0.252 e. The monoisotopic (exact) mass is 367 g/mol. The van der Waals surface area contributed by atoms with Crippen LogP contribution in [0.4, 0.5) is 0 Å². The molecule has 0 spiro atoms. The minimum Gasteiger partial charge on any atom is -0.396 e. The Morgan fingerprint density at radius 1 is 1.59 bits per heavy atom. The number of hydrogen-bond acceptors (Lipinski definition) is 3. The van der Waals surface area contributed by atoms with Crippen LogP contribution in [0.1, 0.15) is 37.0 Å². The van der Waals surface area contributed by atoms with Crippen molar-refractivity contribution < 1.29 is 9.90 Å². The Balaban J connectivity index is 2.42. The number of amides is 1. The standard InChI is InChI=1S/C12H18INO2S/c1-12(2,4-3-5-15)8-14-11(16)9-6-10(13)17-7-9/h6-7,15H,3-5,8H2,1-2H3,(H,14,16). The topological polar surface area (TPSA) is 49.3 Å². The average Bonchev–Trinajstić information content (AvgIpc) is 2.70. The van der Waals surface area contributed by atoms with E-state index in [2.05, 4.69) is 41.8 Å². The van der Waals surface area contributed by atoms with Crippen molar-refractivity contribution in [2.24, 2.45) is 5.41 Å². The zero-order valence-corrected chi connectivity index (χ0v) is 13.1. The van der Waals surface area contributed by atoms with E-state index < -0.39 is 0 Å². The van der Waals surface area contributed by atoms with Gasteiger partial charge in [0.1, 0.15) is 0 Å². The maximum atomic E-state index is 11.8. The molecule has 2 N–H and O–H groups in total. The number of nitrogens with one attached hydrogen (secondary N) is 1. The van der Waals surface area contributed by atoms with Crippen molar-refractivity contribution >= 4 is 39.8 Å². The van der Waals surface area contributed by atoms with Crippen LogP contribution >= 0.6 is 33.9 Å². The largest absolute Gasteiger partial charge is 0.396 e. The van der Waals surface area contributed by atoms with Gasteiger partial charge < -0.3 is 10.4 Å². The second-order valence-electron chi connectivity index (χ2n) is 4.81. The Morgan fingerprint density at radius 2 is 2.29 bits per heavy atom. The molecule has 0 saturated heterocycles. The van der Waals surface area contributed by atoms with Crippen molar-refractivity contribution in [3.8, 4) is 0 Å². The second-order valence-corrected chi connectivity index (χ2v) is 7.62. The molecular formula is C12H18INO2S. The van der Waals surface area contributed by atoms with E-state index in [0.29, 0.717) is 6.54 Å². The molecule has 0 aliphatic rings. The maximum absolute atomic E-state index is 11.8. The highest BCUT2D eigenvalue weighted by Gasteiger charge is 2.19. The lowest BCUT2D eigenvalue weighted by Crippen LogP contribution is -2.33. The summed E-state index contributed by atoms with van der Waals surface area (Å²) in [6, 6.07) is 1.89. The lowest BCUT2D eigenvalue weighted by Gasteiger charge is -2.24. The first-order valence-corrected chi connectivity index (χ1v) is 7.53. The summed E-state index contributed by atoms with van der Waals surface area (Å²) in [6.45, 7) is 5.04. The van der Waals surface area contributed by atoms with Gasteiger partial charge in [-0.25, -0.2) is 0 Å². The van der Waals surface area contributed by atoms with E-state index in [-0.39, 0.29) is 17.9 Å². The Bertz CT molecular complexity index is 376. The van der Waals surface area contributed by atoms with E-state index in [1.54, 1.807) is 11.3 Å². The summed E-state index contributed by atoms with van der Waals surface area (Å²) in [5.41, 5.74) is 0.763. The molecule has 1 aromatic rings. The van der Waals surface area contributed by atoms with Crippen LogP contribution in [0.2, 0.25) is 0 Å². The van der Waals surface area contributed by atoms with Crippen molar-refractivity contribution in [1.82, 2.24) is 5.32 Å². The summed E-state index contributed by atoms with van der Waals surface area (Å²) >= 11 is 3.78. The summed E-state index contributed by atoms with van der Waals surface area (Å²) in [7, 11) is 0. The van der Waals surface area contributed by atoms with Gasteiger partial charge in [-0.05, 0) is 46.9 Å². The predicted octanol–water partition coefficient (Wildman–Crippen LogP) is 2.88. The van der Waals surface area contributed by atoms with Gasteiger partial charge >= 0.3 is 0 Å². The van der Waals surface area contributed by atoms with E-state index in [9.17, 15) is 4.79 Å². The molecule has 0 saturated carbocycles. The Hall–Kier alpha value is -0.140. The quantitative estimate of drug-likeness (QED) is 0.760. The molecule has 0 aliphatic heterocycles. The third-order valence-corrected chi connectivity index (χ3v) is 4.36. The van der Waals surface area contributed by atoms with Gasteiger partial charge in [0.2, 0.25) is 0 Å². The fourth-order valence-corrected chi connectivity index (χ4v) is 2.82. The summed E-state index contributed by atoms with van der Waals surface area (Å²) in [6.07, 6.45) is 1.68. The van der Waals surface area contributed by atoms with Crippen LogP contribution in [-0.4, -0.2) is 24.2 Å². The minimum atomic E-state index is -0.0127. The highest BCUT2D eigenvalue weighted by atomic mass is 127. The molecule has 0 radical (unpaired) electrons. The third-order valence-electron chi connectivity index (χ3n) is 2.57. The fraction of sp³-hybridized carbons (Fsp3) is 0.583. The first-order valence-electron chi connectivity index (χ1n) is 5.58. The van der Waals surface area contributed by atoms with Crippen LogP contribution in [0.3, 0.4) is 0 Å². The number of carbonyl (C=O) groups is 1. The minimum absolute atomic E-state index is 0.0127. The zero-order chi connectivity index (χ0) is 12.9. The highest BCUT2D eigenvalue weighted by molar-refractivity contribution is 14.1. The van der Waals surface area contributed by atoms with E-state index in [4.69, 9.17) is 5.11 Å². The molecule has 0 atom stereocenters. The van der Waals surface area contributed by atoms with Gasteiger partial charge in [0.05, 0.1) is 8.45 Å². The molecule has 1 heterocycles. The molecule has 1 amide bonds. The van der Waals surface area contributed by atoms with E-state index >= 15 is 0 Å². The number of thiophene rings is 1. The first-order chi connectivity index (χ1) is 7.94. The van der Waals surface area contributed by atoms with Crippen molar-refractivity contribution in [3.63, 3.8) is 0 Å². The lowest BCUT2D eigenvalue weighted by molar-refractivity contribution is 0.0933. The Labute approximate surface area is 120 Å². The molecule has 3 nitrogen and oxygen atoms in total. The predicted molar refractivity (Wildman–Crippen MR) is 79.5 cm³/mol. The molecular weight excluding hydrogens is 349 g/mol. The molecule has 0 unspecified atom stereocenters. The summed E-state index contributed by atoms with van der Waals surface area (Å²) in [4.78, 5) is 11.8. The molecule has 5 heteroatoms. The van der Waals surface area contributed by atoms with Crippen LogP contribution in [-0.2, 0) is 0 Å². The fourth-order valence-electron chi connectivity index (χ4n) is 1.50.